The van der Waals surface area contributed by atoms with Crippen LogP contribution in [-0.4, -0.2) is 25.7 Å². The summed E-state index contributed by atoms with van der Waals surface area (Å²) >= 11 is 1.48. The molecule has 1 unspecified atom stereocenters. The average Bonchev–Trinajstić information content (AvgIpc) is 3.23. The van der Waals surface area contributed by atoms with Crippen LogP contribution in [0.2, 0.25) is 0 Å². The van der Waals surface area contributed by atoms with E-state index in [1.807, 2.05) is 31.5 Å². The number of hydrogen-bond donors (Lipinski definition) is 2. The molecule has 0 spiro atoms. The molecule has 0 saturated heterocycles. The SMILES string of the molecule is CNCCC(C)c1ccc(-c2c(OC)cc(C)c3[nH]c(=O)c4sccc4c23)cc1. The Labute approximate surface area is 174 Å². The van der Waals surface area contributed by atoms with Crippen LogP contribution >= 0.6 is 11.3 Å². The predicted octanol–water partition coefficient (Wildman–Crippen LogP) is 5.44. The Morgan fingerprint density at radius 3 is 2.66 bits per heavy atom. The van der Waals surface area contributed by atoms with E-state index in [9.17, 15) is 4.79 Å². The first-order chi connectivity index (χ1) is 14.0. The van der Waals surface area contributed by atoms with Crippen LogP contribution in [-0.2, 0) is 0 Å². The molecule has 0 amide bonds. The largest absolute Gasteiger partial charge is 0.496 e. The van der Waals surface area contributed by atoms with Gasteiger partial charge < -0.3 is 15.0 Å². The standard InChI is InChI=1S/C24H26N2O2S/c1-14(9-11-25-3)16-5-7-17(8-6-16)20-19(28-4)13-15(2)22-21(20)18-10-12-29-23(18)24(27)26-22/h5-8,10,12-14,25H,9,11H2,1-4H3,(H,26,27). The monoisotopic (exact) mass is 406 g/mol. The molecule has 2 N–H and O–H groups in total. The third-order valence-electron chi connectivity index (χ3n) is 5.68. The fourth-order valence-corrected chi connectivity index (χ4v) is 4.82. The number of methoxy groups -OCH3 is 1. The van der Waals surface area contributed by atoms with E-state index in [0.29, 0.717) is 5.92 Å². The van der Waals surface area contributed by atoms with Crippen molar-refractivity contribution in [2.75, 3.05) is 20.7 Å². The normalized spacial score (nSPS) is 12.6. The summed E-state index contributed by atoms with van der Waals surface area (Å²) in [6.07, 6.45) is 1.10. The van der Waals surface area contributed by atoms with Gasteiger partial charge in [-0.3, -0.25) is 4.79 Å². The van der Waals surface area contributed by atoms with Crippen LogP contribution in [0.3, 0.4) is 0 Å². The van der Waals surface area contributed by atoms with Crippen molar-refractivity contribution in [3.63, 3.8) is 0 Å². The van der Waals surface area contributed by atoms with Gasteiger partial charge in [-0.25, -0.2) is 0 Å². The molecule has 2 aromatic carbocycles. The van der Waals surface area contributed by atoms with Gasteiger partial charge in [-0.05, 0) is 67.1 Å². The summed E-state index contributed by atoms with van der Waals surface area (Å²) in [5, 5.41) is 7.23. The highest BCUT2D eigenvalue weighted by Crippen LogP contribution is 2.42. The maximum atomic E-state index is 12.5. The molecule has 2 aromatic heterocycles. The third kappa shape index (κ3) is 3.45. The van der Waals surface area contributed by atoms with E-state index in [2.05, 4.69) is 41.5 Å². The summed E-state index contributed by atoms with van der Waals surface area (Å²) in [5.41, 5.74) is 5.30. The van der Waals surface area contributed by atoms with Crippen LogP contribution in [0.4, 0.5) is 0 Å². The Kier molecular flexibility index (Phi) is 5.43. The topological polar surface area (TPSA) is 54.1 Å². The van der Waals surface area contributed by atoms with Crippen molar-refractivity contribution in [2.24, 2.45) is 0 Å². The van der Waals surface area contributed by atoms with Crippen molar-refractivity contribution in [1.82, 2.24) is 10.3 Å². The Bertz CT molecular complexity index is 1220. The fraction of sp³-hybridized carbons (Fsp3) is 0.292. The number of nitrogens with one attached hydrogen (secondary N) is 2. The van der Waals surface area contributed by atoms with Gasteiger partial charge in [0.25, 0.3) is 5.56 Å². The van der Waals surface area contributed by atoms with E-state index in [1.165, 1.54) is 16.9 Å². The number of H-pyrrole nitrogens is 1. The smallest absolute Gasteiger partial charge is 0.266 e. The first kappa shape index (κ1) is 19.7. The molecule has 0 aliphatic rings. The number of aromatic amines is 1. The Balaban J connectivity index is 1.94. The van der Waals surface area contributed by atoms with Gasteiger partial charge in [0.05, 0.1) is 12.6 Å². The number of thiophene rings is 1. The molecule has 4 aromatic rings. The number of hydrogen-bond acceptors (Lipinski definition) is 4. The van der Waals surface area contributed by atoms with Gasteiger partial charge in [-0.15, -0.1) is 11.3 Å². The van der Waals surface area contributed by atoms with Crippen LogP contribution in [0.1, 0.15) is 30.4 Å². The highest BCUT2D eigenvalue weighted by Gasteiger charge is 2.18. The van der Waals surface area contributed by atoms with E-state index in [1.54, 1.807) is 7.11 Å². The second kappa shape index (κ2) is 8.01. The Morgan fingerprint density at radius 2 is 1.97 bits per heavy atom. The molecular weight excluding hydrogens is 380 g/mol. The van der Waals surface area contributed by atoms with Gasteiger partial charge >= 0.3 is 0 Å². The van der Waals surface area contributed by atoms with Crippen LogP contribution in [0.5, 0.6) is 5.75 Å². The number of fused-ring (bicyclic) bond motifs is 3. The van der Waals surface area contributed by atoms with Gasteiger partial charge in [0.1, 0.15) is 10.4 Å². The summed E-state index contributed by atoms with van der Waals surface area (Å²) in [5.74, 6) is 1.32. The molecule has 4 rings (SSSR count). The first-order valence-electron chi connectivity index (χ1n) is 9.90. The van der Waals surface area contributed by atoms with Crippen molar-refractivity contribution in [3.8, 4) is 16.9 Å². The molecule has 0 fully saturated rings. The molecule has 1 atom stereocenters. The zero-order valence-electron chi connectivity index (χ0n) is 17.3. The molecule has 0 radical (unpaired) electrons. The fourth-order valence-electron chi connectivity index (χ4n) is 4.02. The lowest BCUT2D eigenvalue weighted by atomic mass is 9.92. The first-order valence-corrected chi connectivity index (χ1v) is 10.8. The number of ether oxygens (including phenoxy) is 1. The molecular formula is C24H26N2O2S. The minimum absolute atomic E-state index is 0.0320. The van der Waals surface area contributed by atoms with Gasteiger partial charge in [0, 0.05) is 16.3 Å². The van der Waals surface area contributed by atoms with Crippen molar-refractivity contribution >= 4 is 32.3 Å². The minimum atomic E-state index is -0.0320. The number of aromatic nitrogens is 1. The molecule has 0 aliphatic heterocycles. The highest BCUT2D eigenvalue weighted by atomic mass is 32.1. The second-order valence-corrected chi connectivity index (χ2v) is 8.47. The molecule has 2 heterocycles. The maximum Gasteiger partial charge on any atom is 0.266 e. The van der Waals surface area contributed by atoms with Crippen molar-refractivity contribution in [3.05, 3.63) is 63.3 Å². The van der Waals surface area contributed by atoms with Crippen LogP contribution in [0, 0.1) is 6.92 Å². The second-order valence-electron chi connectivity index (χ2n) is 7.55. The quantitative estimate of drug-likeness (QED) is 0.448. The lowest BCUT2D eigenvalue weighted by Crippen LogP contribution is -2.10. The van der Waals surface area contributed by atoms with Crippen LogP contribution < -0.4 is 15.6 Å². The van der Waals surface area contributed by atoms with Crippen molar-refractivity contribution < 1.29 is 4.74 Å². The van der Waals surface area contributed by atoms with Gasteiger partial charge in [0.15, 0.2) is 0 Å². The maximum absolute atomic E-state index is 12.5. The number of rotatable bonds is 6. The molecule has 0 bridgehead atoms. The zero-order valence-corrected chi connectivity index (χ0v) is 18.1. The van der Waals surface area contributed by atoms with Gasteiger partial charge in [0.2, 0.25) is 0 Å². The van der Waals surface area contributed by atoms with E-state index in [-0.39, 0.29) is 5.56 Å². The third-order valence-corrected chi connectivity index (χ3v) is 6.60. The Morgan fingerprint density at radius 1 is 1.21 bits per heavy atom. The van der Waals surface area contributed by atoms with E-state index < -0.39 is 0 Å². The summed E-state index contributed by atoms with van der Waals surface area (Å²) in [4.78, 5) is 15.6. The van der Waals surface area contributed by atoms with E-state index >= 15 is 0 Å². The summed E-state index contributed by atoms with van der Waals surface area (Å²) in [6, 6.07) is 12.8. The molecule has 0 aliphatic carbocycles. The van der Waals surface area contributed by atoms with Gasteiger partial charge in [-0.2, -0.15) is 0 Å². The van der Waals surface area contributed by atoms with Gasteiger partial charge in [-0.1, -0.05) is 31.2 Å². The molecule has 4 nitrogen and oxygen atoms in total. The molecule has 150 valence electrons. The van der Waals surface area contributed by atoms with E-state index in [4.69, 9.17) is 4.74 Å². The minimum Gasteiger partial charge on any atom is -0.496 e. The van der Waals surface area contributed by atoms with Crippen LogP contribution in [0.25, 0.3) is 32.1 Å². The Hall–Kier alpha value is -2.63. The van der Waals surface area contributed by atoms with Crippen molar-refractivity contribution in [2.45, 2.75) is 26.2 Å². The van der Waals surface area contributed by atoms with Crippen LogP contribution in [0.15, 0.2) is 46.6 Å². The zero-order chi connectivity index (χ0) is 20.5. The highest BCUT2D eigenvalue weighted by molar-refractivity contribution is 7.17. The number of benzene rings is 2. The summed E-state index contributed by atoms with van der Waals surface area (Å²) in [7, 11) is 3.69. The molecule has 29 heavy (non-hydrogen) atoms. The average molecular weight is 407 g/mol. The molecule has 5 heteroatoms. The number of aryl methyl sites for hydroxylation is 1. The lowest BCUT2D eigenvalue weighted by molar-refractivity contribution is 0.416. The summed E-state index contributed by atoms with van der Waals surface area (Å²) < 4.78 is 6.53. The van der Waals surface area contributed by atoms with E-state index in [0.717, 1.165) is 56.4 Å². The lowest BCUT2D eigenvalue weighted by Gasteiger charge is -2.17. The summed E-state index contributed by atoms with van der Waals surface area (Å²) in [6.45, 7) is 5.27. The number of pyridine rings is 1. The predicted molar refractivity (Wildman–Crippen MR) is 124 cm³/mol. The van der Waals surface area contributed by atoms with Crippen molar-refractivity contribution in [1.29, 1.82) is 0 Å². The molecule has 0 saturated carbocycles.